The second kappa shape index (κ2) is 8.11. The van der Waals surface area contributed by atoms with Gasteiger partial charge in [0.1, 0.15) is 6.61 Å². The number of hydrogen-bond donors (Lipinski definition) is 1. The number of hydrogen-bond acceptors (Lipinski definition) is 4. The van der Waals surface area contributed by atoms with Gasteiger partial charge in [-0.05, 0) is 20.8 Å². The van der Waals surface area contributed by atoms with Crippen LogP contribution >= 0.6 is 0 Å². The Morgan fingerprint density at radius 3 is 2.04 bits per heavy atom. The minimum Gasteiger partial charge on any atom is -0.366 e. The summed E-state index contributed by atoms with van der Waals surface area (Å²) in [4.78, 5) is 28.0. The summed E-state index contributed by atoms with van der Waals surface area (Å²) >= 11 is 0. The highest BCUT2D eigenvalue weighted by atomic mass is 16.5. The Morgan fingerprint density at radius 1 is 1.00 bits per heavy atom. The Kier molecular flexibility index (Phi) is 7.02. The molecule has 1 N–H and O–H groups in total. The molecule has 1 saturated heterocycles. The quantitative estimate of drug-likeness (QED) is 0.822. The molecule has 1 aliphatic heterocycles. The molecule has 0 saturated carbocycles. The molecule has 0 spiro atoms. The fourth-order valence-corrected chi connectivity index (χ4v) is 2.18. The highest BCUT2D eigenvalue weighted by Gasteiger charge is 2.24. The van der Waals surface area contributed by atoms with Gasteiger partial charge in [-0.3, -0.25) is 14.5 Å². The van der Waals surface area contributed by atoms with E-state index in [-0.39, 0.29) is 29.4 Å². The molecule has 0 atom stereocenters. The van der Waals surface area contributed by atoms with Crippen molar-refractivity contribution in [3.05, 3.63) is 0 Å². The molecule has 0 bridgehead atoms. The van der Waals surface area contributed by atoms with Gasteiger partial charge in [-0.2, -0.15) is 0 Å². The Bertz CT molecular complexity index is 402. The highest BCUT2D eigenvalue weighted by molar-refractivity contribution is 5.81. The first kappa shape index (κ1) is 19.9. The maximum Gasteiger partial charge on any atom is 0.248 e. The molecule has 1 fully saturated rings. The lowest BCUT2D eigenvalue weighted by Gasteiger charge is -2.35. The van der Waals surface area contributed by atoms with Crippen LogP contribution in [-0.4, -0.2) is 73.1 Å². The second-order valence-corrected chi connectivity index (χ2v) is 8.13. The van der Waals surface area contributed by atoms with E-state index in [1.165, 1.54) is 0 Å². The van der Waals surface area contributed by atoms with Crippen molar-refractivity contribution < 1.29 is 14.3 Å². The number of ether oxygens (including phenoxy) is 1. The van der Waals surface area contributed by atoms with Crippen LogP contribution in [0.2, 0.25) is 0 Å². The predicted molar refractivity (Wildman–Crippen MR) is 91.2 cm³/mol. The molecule has 1 rings (SSSR count). The number of amides is 2. The standard InChI is InChI=1S/C17H33N3O3/c1-16(2,3)15(22)18-7-8-19-9-11-20(12-10-19)14(21)13-23-17(4,5)6/h7-13H2,1-6H3,(H,18,22). The molecular formula is C17H33N3O3. The molecule has 1 aliphatic rings. The van der Waals surface area contributed by atoms with E-state index in [1.807, 2.05) is 46.4 Å². The summed E-state index contributed by atoms with van der Waals surface area (Å²) in [5, 5.41) is 2.96. The van der Waals surface area contributed by atoms with Crippen LogP contribution in [0, 0.1) is 5.41 Å². The summed E-state index contributed by atoms with van der Waals surface area (Å²) in [6.45, 7) is 16.3. The third kappa shape index (κ3) is 7.79. The highest BCUT2D eigenvalue weighted by Crippen LogP contribution is 2.12. The van der Waals surface area contributed by atoms with Crippen molar-refractivity contribution in [1.29, 1.82) is 0 Å². The fraction of sp³-hybridized carbons (Fsp3) is 0.882. The number of piperazine rings is 1. The topological polar surface area (TPSA) is 61.9 Å². The van der Waals surface area contributed by atoms with Gasteiger partial charge in [0.2, 0.25) is 11.8 Å². The molecule has 1 heterocycles. The molecule has 0 aromatic rings. The molecule has 23 heavy (non-hydrogen) atoms. The van der Waals surface area contributed by atoms with Gasteiger partial charge >= 0.3 is 0 Å². The Morgan fingerprint density at radius 2 is 1.57 bits per heavy atom. The van der Waals surface area contributed by atoms with E-state index in [0.29, 0.717) is 6.54 Å². The average Bonchev–Trinajstić information content (AvgIpc) is 2.43. The average molecular weight is 327 g/mol. The summed E-state index contributed by atoms with van der Waals surface area (Å²) < 4.78 is 5.54. The zero-order valence-corrected chi connectivity index (χ0v) is 15.6. The number of nitrogens with one attached hydrogen (secondary N) is 1. The van der Waals surface area contributed by atoms with Gasteiger partial charge in [-0.25, -0.2) is 0 Å². The van der Waals surface area contributed by atoms with Crippen LogP contribution in [0.25, 0.3) is 0 Å². The summed E-state index contributed by atoms with van der Waals surface area (Å²) in [7, 11) is 0. The molecule has 0 unspecified atom stereocenters. The molecule has 0 aliphatic carbocycles. The minimum atomic E-state index is -0.349. The van der Waals surface area contributed by atoms with Gasteiger partial charge in [-0.1, -0.05) is 20.8 Å². The zero-order valence-electron chi connectivity index (χ0n) is 15.6. The summed E-state index contributed by atoms with van der Waals surface area (Å²) in [6, 6.07) is 0. The number of rotatable bonds is 5. The first-order valence-electron chi connectivity index (χ1n) is 8.41. The maximum atomic E-state index is 12.1. The van der Waals surface area contributed by atoms with E-state index >= 15 is 0 Å². The van der Waals surface area contributed by atoms with E-state index in [2.05, 4.69) is 10.2 Å². The van der Waals surface area contributed by atoms with E-state index in [4.69, 9.17) is 4.74 Å². The molecule has 2 amide bonds. The van der Waals surface area contributed by atoms with Gasteiger partial charge < -0.3 is 15.0 Å². The SMILES string of the molecule is CC(C)(C)OCC(=O)N1CCN(CCNC(=O)C(C)(C)C)CC1. The zero-order chi connectivity index (χ0) is 17.7. The van der Waals surface area contributed by atoms with E-state index in [0.717, 1.165) is 32.7 Å². The van der Waals surface area contributed by atoms with Crippen molar-refractivity contribution >= 4 is 11.8 Å². The summed E-state index contributed by atoms with van der Waals surface area (Å²) in [6.07, 6.45) is 0. The van der Waals surface area contributed by atoms with E-state index < -0.39 is 0 Å². The first-order valence-corrected chi connectivity index (χ1v) is 8.41. The van der Waals surface area contributed by atoms with Gasteiger partial charge in [0.05, 0.1) is 5.60 Å². The van der Waals surface area contributed by atoms with Crippen molar-refractivity contribution in [2.24, 2.45) is 5.41 Å². The van der Waals surface area contributed by atoms with Crippen molar-refractivity contribution in [2.75, 3.05) is 45.9 Å². The second-order valence-electron chi connectivity index (χ2n) is 8.13. The molecule has 6 nitrogen and oxygen atoms in total. The number of nitrogens with zero attached hydrogens (tertiary/aromatic N) is 2. The normalized spacial score (nSPS) is 17.2. The van der Waals surface area contributed by atoms with Gasteiger partial charge in [0.25, 0.3) is 0 Å². The Balaban J connectivity index is 2.23. The smallest absolute Gasteiger partial charge is 0.248 e. The van der Waals surface area contributed by atoms with Crippen LogP contribution in [0.1, 0.15) is 41.5 Å². The molecular weight excluding hydrogens is 294 g/mol. The maximum absolute atomic E-state index is 12.1. The molecule has 0 aromatic heterocycles. The molecule has 6 heteroatoms. The van der Waals surface area contributed by atoms with Crippen LogP contribution in [0.5, 0.6) is 0 Å². The van der Waals surface area contributed by atoms with Crippen molar-refractivity contribution in [3.8, 4) is 0 Å². The third-order valence-electron chi connectivity index (χ3n) is 3.75. The predicted octanol–water partition coefficient (Wildman–Crippen LogP) is 1.11. The van der Waals surface area contributed by atoms with E-state index in [1.54, 1.807) is 0 Å². The van der Waals surface area contributed by atoms with Crippen molar-refractivity contribution in [1.82, 2.24) is 15.1 Å². The van der Waals surface area contributed by atoms with Crippen molar-refractivity contribution in [3.63, 3.8) is 0 Å². The van der Waals surface area contributed by atoms with Gasteiger partial charge in [0, 0.05) is 44.7 Å². The lowest BCUT2D eigenvalue weighted by molar-refractivity contribution is -0.142. The third-order valence-corrected chi connectivity index (χ3v) is 3.75. The fourth-order valence-electron chi connectivity index (χ4n) is 2.18. The lowest BCUT2D eigenvalue weighted by atomic mass is 9.96. The van der Waals surface area contributed by atoms with Crippen molar-refractivity contribution in [2.45, 2.75) is 47.1 Å². The molecule has 0 radical (unpaired) electrons. The molecule has 0 aromatic carbocycles. The van der Waals surface area contributed by atoms with Crippen LogP contribution in [0.3, 0.4) is 0 Å². The lowest BCUT2D eigenvalue weighted by Crippen LogP contribution is -2.51. The minimum absolute atomic E-state index is 0.0561. The van der Waals surface area contributed by atoms with Crippen LogP contribution in [0.4, 0.5) is 0 Å². The van der Waals surface area contributed by atoms with Gasteiger partial charge in [0.15, 0.2) is 0 Å². The Hall–Kier alpha value is -1.14. The summed E-state index contributed by atoms with van der Waals surface area (Å²) in [5.41, 5.74) is -0.638. The monoisotopic (exact) mass is 327 g/mol. The van der Waals surface area contributed by atoms with Crippen LogP contribution < -0.4 is 5.32 Å². The largest absolute Gasteiger partial charge is 0.366 e. The van der Waals surface area contributed by atoms with E-state index in [9.17, 15) is 9.59 Å². The Labute approximate surface area is 140 Å². The van der Waals surface area contributed by atoms with Crippen LogP contribution in [-0.2, 0) is 14.3 Å². The molecule has 134 valence electrons. The summed E-state index contributed by atoms with van der Waals surface area (Å²) in [5.74, 6) is 0.131. The number of carbonyl (C=O) groups excluding carboxylic acids is 2. The van der Waals surface area contributed by atoms with Gasteiger partial charge in [-0.15, -0.1) is 0 Å². The number of carbonyl (C=O) groups is 2. The first-order chi connectivity index (χ1) is 10.5. The van der Waals surface area contributed by atoms with Crippen LogP contribution in [0.15, 0.2) is 0 Å².